The van der Waals surface area contributed by atoms with E-state index >= 15 is 0 Å². The number of aromatic nitrogens is 3. The predicted octanol–water partition coefficient (Wildman–Crippen LogP) is 2.68. The summed E-state index contributed by atoms with van der Waals surface area (Å²) in [5.74, 6) is -0.928. The summed E-state index contributed by atoms with van der Waals surface area (Å²) >= 11 is 0. The highest BCUT2D eigenvalue weighted by Gasteiger charge is 2.35. The summed E-state index contributed by atoms with van der Waals surface area (Å²) in [5.41, 5.74) is 3.54. The van der Waals surface area contributed by atoms with Crippen molar-refractivity contribution in [3.8, 4) is 17.0 Å². The van der Waals surface area contributed by atoms with Gasteiger partial charge in [0.15, 0.2) is 17.2 Å². The summed E-state index contributed by atoms with van der Waals surface area (Å²) in [4.78, 5) is 19.7. The lowest BCUT2D eigenvalue weighted by molar-refractivity contribution is 0.0826. The molecule has 1 fully saturated rings. The second-order valence-corrected chi connectivity index (χ2v) is 7.19. The van der Waals surface area contributed by atoms with Crippen LogP contribution in [0, 0.1) is 18.7 Å². The lowest BCUT2D eigenvalue weighted by Crippen LogP contribution is -2.27. The molecule has 1 amide bonds. The molecule has 0 aliphatic carbocycles. The SMILES string of the molecule is Cc1[nH]nc2nc(-c3ccc(O)c(F)c3)cc(C(=O)N3CCC4CNC=C43)c12. The molecular formula is C20H18FN5O2. The maximum absolute atomic E-state index is 13.8. The quantitative estimate of drug-likeness (QED) is 0.636. The van der Waals surface area contributed by atoms with Crippen molar-refractivity contribution in [1.29, 1.82) is 0 Å². The Morgan fingerprint density at radius 2 is 2.21 bits per heavy atom. The minimum atomic E-state index is -0.741. The molecule has 0 saturated carbocycles. The number of fused-ring (bicyclic) bond motifs is 2. The third-order valence-corrected chi connectivity index (χ3v) is 5.47. The van der Waals surface area contributed by atoms with Crippen LogP contribution < -0.4 is 5.32 Å². The first-order valence-electron chi connectivity index (χ1n) is 9.13. The van der Waals surface area contributed by atoms with Crippen LogP contribution in [0.3, 0.4) is 0 Å². The highest BCUT2D eigenvalue weighted by Crippen LogP contribution is 2.34. The van der Waals surface area contributed by atoms with Gasteiger partial charge in [-0.1, -0.05) is 0 Å². The topological polar surface area (TPSA) is 94.1 Å². The number of aryl methyl sites for hydroxylation is 1. The van der Waals surface area contributed by atoms with Crippen molar-refractivity contribution in [2.45, 2.75) is 13.3 Å². The van der Waals surface area contributed by atoms with Crippen molar-refractivity contribution >= 4 is 16.9 Å². The molecule has 142 valence electrons. The van der Waals surface area contributed by atoms with Crippen LogP contribution in [0.15, 0.2) is 36.2 Å². The number of aromatic amines is 1. The number of likely N-dealkylation sites (tertiary alicyclic amines) is 1. The van der Waals surface area contributed by atoms with Crippen LogP contribution in [0.4, 0.5) is 4.39 Å². The zero-order valence-corrected chi connectivity index (χ0v) is 15.2. The largest absolute Gasteiger partial charge is 0.505 e. The average Bonchev–Trinajstić information content (AvgIpc) is 3.39. The average molecular weight is 379 g/mol. The molecule has 2 aliphatic rings. The number of hydrogen-bond donors (Lipinski definition) is 3. The van der Waals surface area contributed by atoms with Crippen LogP contribution in [0.5, 0.6) is 5.75 Å². The van der Waals surface area contributed by atoms with Crippen LogP contribution in [0.25, 0.3) is 22.3 Å². The molecular weight excluding hydrogens is 361 g/mol. The molecule has 1 saturated heterocycles. The van der Waals surface area contributed by atoms with Crippen molar-refractivity contribution < 1.29 is 14.3 Å². The second kappa shape index (κ2) is 6.05. The first kappa shape index (κ1) is 16.7. The number of rotatable bonds is 2. The minimum absolute atomic E-state index is 0.116. The normalized spacial score (nSPS) is 18.3. The molecule has 0 radical (unpaired) electrons. The number of nitrogens with one attached hydrogen (secondary N) is 2. The standard InChI is InChI=1S/C20H18FN5O2/c1-10-18-13(20(28)26-5-4-12-8-22-9-16(12)26)7-15(23-19(18)25-24-10)11-2-3-17(27)14(21)6-11/h2-3,6-7,9,12,22,27H,4-5,8H2,1H3,(H,23,24,25). The summed E-state index contributed by atoms with van der Waals surface area (Å²) in [6.07, 6.45) is 2.84. The number of benzene rings is 1. The fourth-order valence-corrected chi connectivity index (χ4v) is 4.01. The number of hydrogen-bond acceptors (Lipinski definition) is 5. The highest BCUT2D eigenvalue weighted by molar-refractivity contribution is 6.08. The van der Waals surface area contributed by atoms with Gasteiger partial charge in [-0.05, 0) is 37.6 Å². The Labute approximate surface area is 159 Å². The Balaban J connectivity index is 1.66. The molecule has 1 aromatic carbocycles. The molecule has 8 heteroatoms. The van der Waals surface area contributed by atoms with Gasteiger partial charge in [-0.3, -0.25) is 9.89 Å². The summed E-state index contributed by atoms with van der Waals surface area (Å²) in [5, 5.41) is 20.4. The van der Waals surface area contributed by atoms with E-state index in [1.807, 2.05) is 13.1 Å². The van der Waals surface area contributed by atoms with Gasteiger partial charge in [0.2, 0.25) is 0 Å². The number of halogens is 1. The fourth-order valence-electron chi connectivity index (χ4n) is 4.01. The van der Waals surface area contributed by atoms with Crippen molar-refractivity contribution in [3.05, 3.63) is 53.2 Å². The molecule has 28 heavy (non-hydrogen) atoms. The molecule has 4 heterocycles. The fraction of sp³-hybridized carbons (Fsp3) is 0.250. The zero-order chi connectivity index (χ0) is 19.4. The van der Waals surface area contributed by atoms with E-state index < -0.39 is 11.6 Å². The smallest absolute Gasteiger partial charge is 0.258 e. The summed E-state index contributed by atoms with van der Waals surface area (Å²) < 4.78 is 13.8. The van der Waals surface area contributed by atoms with E-state index in [1.54, 1.807) is 17.0 Å². The third kappa shape index (κ3) is 2.45. The minimum Gasteiger partial charge on any atom is -0.505 e. The number of H-pyrrole nitrogens is 1. The molecule has 1 atom stereocenters. The number of carbonyl (C=O) groups is 1. The van der Waals surface area contributed by atoms with E-state index in [-0.39, 0.29) is 5.91 Å². The van der Waals surface area contributed by atoms with E-state index in [2.05, 4.69) is 20.5 Å². The molecule has 5 rings (SSSR count). The number of amides is 1. The van der Waals surface area contributed by atoms with Gasteiger partial charge in [-0.2, -0.15) is 5.10 Å². The van der Waals surface area contributed by atoms with E-state index in [4.69, 9.17) is 0 Å². The third-order valence-electron chi connectivity index (χ3n) is 5.47. The maximum Gasteiger partial charge on any atom is 0.258 e. The molecule has 3 aromatic rings. The van der Waals surface area contributed by atoms with Gasteiger partial charge in [0, 0.05) is 42.2 Å². The Bertz CT molecular complexity index is 1150. The van der Waals surface area contributed by atoms with Gasteiger partial charge < -0.3 is 15.3 Å². The van der Waals surface area contributed by atoms with E-state index in [0.29, 0.717) is 40.3 Å². The number of pyridine rings is 1. The molecule has 7 nitrogen and oxygen atoms in total. The number of phenolic OH excluding ortho intramolecular Hbond substituents is 1. The van der Waals surface area contributed by atoms with Crippen LogP contribution >= 0.6 is 0 Å². The molecule has 0 spiro atoms. The number of aromatic hydroxyl groups is 1. The van der Waals surface area contributed by atoms with Gasteiger partial charge >= 0.3 is 0 Å². The first-order valence-corrected chi connectivity index (χ1v) is 9.13. The molecule has 0 bridgehead atoms. The van der Waals surface area contributed by atoms with E-state index in [9.17, 15) is 14.3 Å². The Kier molecular flexibility index (Phi) is 3.61. The van der Waals surface area contributed by atoms with Crippen LogP contribution in [-0.4, -0.2) is 44.2 Å². The van der Waals surface area contributed by atoms with Gasteiger partial charge in [0.05, 0.1) is 16.6 Å². The highest BCUT2D eigenvalue weighted by atomic mass is 19.1. The second-order valence-electron chi connectivity index (χ2n) is 7.19. The van der Waals surface area contributed by atoms with Crippen LogP contribution in [0.2, 0.25) is 0 Å². The van der Waals surface area contributed by atoms with Gasteiger partial charge in [-0.25, -0.2) is 9.37 Å². The number of carbonyl (C=O) groups excluding carboxylic acids is 1. The Hall–Kier alpha value is -3.42. The number of nitrogens with zero attached hydrogens (tertiary/aromatic N) is 3. The van der Waals surface area contributed by atoms with Gasteiger partial charge in [0.25, 0.3) is 5.91 Å². The first-order chi connectivity index (χ1) is 13.5. The molecule has 2 aromatic heterocycles. The van der Waals surface area contributed by atoms with Crippen LogP contribution in [-0.2, 0) is 0 Å². The lowest BCUT2D eigenvalue weighted by atomic mass is 10.0. The molecule has 2 aliphatic heterocycles. The summed E-state index contributed by atoms with van der Waals surface area (Å²) in [6.45, 7) is 3.37. The Morgan fingerprint density at radius 1 is 1.36 bits per heavy atom. The lowest BCUT2D eigenvalue weighted by Gasteiger charge is -2.18. The summed E-state index contributed by atoms with van der Waals surface area (Å²) in [6, 6.07) is 5.71. The van der Waals surface area contributed by atoms with Crippen molar-refractivity contribution in [3.63, 3.8) is 0 Å². The van der Waals surface area contributed by atoms with Gasteiger partial charge in [0.1, 0.15) is 0 Å². The van der Waals surface area contributed by atoms with Gasteiger partial charge in [-0.15, -0.1) is 0 Å². The van der Waals surface area contributed by atoms with Crippen molar-refractivity contribution in [2.24, 2.45) is 5.92 Å². The van der Waals surface area contributed by atoms with E-state index in [0.717, 1.165) is 24.4 Å². The monoisotopic (exact) mass is 379 g/mol. The molecule has 1 unspecified atom stereocenters. The van der Waals surface area contributed by atoms with E-state index in [1.165, 1.54) is 12.1 Å². The van der Waals surface area contributed by atoms with Crippen molar-refractivity contribution in [2.75, 3.05) is 13.1 Å². The van der Waals surface area contributed by atoms with Crippen LogP contribution in [0.1, 0.15) is 22.5 Å². The maximum atomic E-state index is 13.8. The zero-order valence-electron chi connectivity index (χ0n) is 15.2. The van der Waals surface area contributed by atoms with Crippen molar-refractivity contribution in [1.82, 2.24) is 25.4 Å². The number of phenols is 1. The molecule has 3 N–H and O–H groups in total. The Morgan fingerprint density at radius 3 is 3.04 bits per heavy atom. The summed E-state index contributed by atoms with van der Waals surface area (Å²) in [7, 11) is 0. The predicted molar refractivity (Wildman–Crippen MR) is 101 cm³/mol.